The highest BCUT2D eigenvalue weighted by atomic mass is 16.7. The fourth-order valence-electron chi connectivity index (χ4n) is 2.51. The van der Waals surface area contributed by atoms with E-state index in [1.165, 1.54) is 0 Å². The number of hydrogen-bond acceptors (Lipinski definition) is 4. The van der Waals surface area contributed by atoms with Crippen molar-refractivity contribution in [2.24, 2.45) is 4.99 Å². The van der Waals surface area contributed by atoms with Crippen molar-refractivity contribution in [2.45, 2.75) is 24.8 Å². The molecule has 0 unspecified atom stereocenters. The van der Waals surface area contributed by atoms with Crippen LogP contribution in [0.1, 0.15) is 24.3 Å². The lowest BCUT2D eigenvalue weighted by atomic mass is 9.83. The second kappa shape index (κ2) is 4.67. The van der Waals surface area contributed by atoms with Crippen LogP contribution in [-0.2, 0) is 4.79 Å². The minimum absolute atomic E-state index is 0.0205. The Kier molecular flexibility index (Phi) is 2.87. The molecule has 1 heterocycles. The molecule has 0 saturated heterocycles. The van der Waals surface area contributed by atoms with Crippen molar-refractivity contribution in [2.75, 3.05) is 6.79 Å². The third kappa shape index (κ3) is 1.91. The van der Waals surface area contributed by atoms with E-state index in [4.69, 9.17) is 9.47 Å². The molecule has 4 nitrogen and oxygen atoms in total. The van der Waals surface area contributed by atoms with E-state index in [0.717, 1.165) is 29.9 Å². The van der Waals surface area contributed by atoms with Crippen LogP contribution in [0, 0.1) is 0 Å². The van der Waals surface area contributed by atoms with Gasteiger partial charge in [-0.15, -0.1) is 0 Å². The topological polar surface area (TPSA) is 47.9 Å². The van der Waals surface area contributed by atoms with Gasteiger partial charge in [-0.05, 0) is 30.5 Å². The Morgan fingerprint density at radius 3 is 2.89 bits per heavy atom. The summed E-state index contributed by atoms with van der Waals surface area (Å²) in [5.74, 6) is 1.77. The van der Waals surface area contributed by atoms with Gasteiger partial charge in [0.05, 0.1) is 6.04 Å². The quantitative estimate of drug-likeness (QED) is 0.455. The van der Waals surface area contributed by atoms with Crippen LogP contribution in [0.2, 0.25) is 0 Å². The molecule has 0 N–H and O–H groups in total. The van der Waals surface area contributed by atoms with Crippen molar-refractivity contribution >= 4 is 6.08 Å². The van der Waals surface area contributed by atoms with E-state index in [2.05, 4.69) is 17.1 Å². The zero-order chi connectivity index (χ0) is 12.4. The molecular weight excluding hydrogens is 230 g/mol. The highest BCUT2D eigenvalue weighted by Gasteiger charge is 2.25. The first kappa shape index (κ1) is 11.1. The zero-order valence-corrected chi connectivity index (χ0v) is 9.83. The molecule has 0 fully saturated rings. The van der Waals surface area contributed by atoms with Crippen LogP contribution < -0.4 is 9.47 Å². The van der Waals surface area contributed by atoms with Gasteiger partial charge in [0.25, 0.3) is 0 Å². The summed E-state index contributed by atoms with van der Waals surface area (Å²) in [6.07, 6.45) is 7.54. The maximum atomic E-state index is 10.5. The summed E-state index contributed by atoms with van der Waals surface area (Å²) in [6, 6.07) is 5.90. The predicted octanol–water partition coefficient (Wildman–Crippen LogP) is 2.55. The van der Waals surface area contributed by atoms with Crippen LogP contribution in [-0.4, -0.2) is 18.9 Å². The fourth-order valence-corrected chi connectivity index (χ4v) is 2.51. The summed E-state index contributed by atoms with van der Waals surface area (Å²) in [4.78, 5) is 14.4. The van der Waals surface area contributed by atoms with Gasteiger partial charge in [-0.3, -0.25) is 0 Å². The molecule has 18 heavy (non-hydrogen) atoms. The Morgan fingerprint density at radius 2 is 2.00 bits per heavy atom. The van der Waals surface area contributed by atoms with Crippen molar-refractivity contribution in [1.29, 1.82) is 0 Å². The smallest absolute Gasteiger partial charge is 0.235 e. The van der Waals surface area contributed by atoms with Gasteiger partial charge in [0.2, 0.25) is 12.9 Å². The van der Waals surface area contributed by atoms with E-state index in [9.17, 15) is 4.79 Å². The van der Waals surface area contributed by atoms with E-state index in [-0.39, 0.29) is 18.8 Å². The number of hydrogen-bond donors (Lipinski definition) is 0. The molecule has 1 aromatic rings. The predicted molar refractivity (Wildman–Crippen MR) is 65.6 cm³/mol. The lowest BCUT2D eigenvalue weighted by Crippen LogP contribution is -2.18. The van der Waals surface area contributed by atoms with Gasteiger partial charge in [-0.1, -0.05) is 18.2 Å². The Morgan fingerprint density at radius 1 is 1.17 bits per heavy atom. The van der Waals surface area contributed by atoms with Crippen molar-refractivity contribution in [3.8, 4) is 11.5 Å². The van der Waals surface area contributed by atoms with Crippen molar-refractivity contribution in [1.82, 2.24) is 0 Å². The van der Waals surface area contributed by atoms with Crippen LogP contribution in [0.4, 0.5) is 0 Å². The Labute approximate surface area is 105 Å². The SMILES string of the molecule is O=C=N[C@@H]1CC=CC[C@H]1c1ccc2c(c1)OCO2. The van der Waals surface area contributed by atoms with Crippen LogP contribution >= 0.6 is 0 Å². The number of benzene rings is 1. The maximum Gasteiger partial charge on any atom is 0.235 e. The summed E-state index contributed by atoms with van der Waals surface area (Å²) in [7, 11) is 0. The molecule has 0 radical (unpaired) electrons. The highest BCUT2D eigenvalue weighted by Crippen LogP contribution is 2.38. The molecule has 3 rings (SSSR count). The lowest BCUT2D eigenvalue weighted by Gasteiger charge is -2.24. The molecule has 0 saturated carbocycles. The Hall–Kier alpha value is -2.06. The average molecular weight is 243 g/mol. The molecule has 0 aromatic heterocycles. The van der Waals surface area contributed by atoms with Gasteiger partial charge in [0.1, 0.15) is 0 Å². The first-order valence-electron chi connectivity index (χ1n) is 6.00. The molecule has 0 spiro atoms. The zero-order valence-electron chi connectivity index (χ0n) is 9.83. The van der Waals surface area contributed by atoms with Crippen molar-refractivity contribution in [3.05, 3.63) is 35.9 Å². The number of ether oxygens (including phenoxy) is 2. The molecular formula is C14H13NO3. The molecule has 1 aliphatic carbocycles. The van der Waals surface area contributed by atoms with Crippen LogP contribution in [0.5, 0.6) is 11.5 Å². The molecule has 4 heteroatoms. The van der Waals surface area contributed by atoms with Gasteiger partial charge in [0.15, 0.2) is 11.5 Å². The third-order valence-electron chi connectivity index (χ3n) is 3.44. The molecule has 92 valence electrons. The second-order valence-corrected chi connectivity index (χ2v) is 4.45. The van der Waals surface area contributed by atoms with E-state index >= 15 is 0 Å². The lowest BCUT2D eigenvalue weighted by molar-refractivity contribution is 0.174. The molecule has 2 atom stereocenters. The van der Waals surface area contributed by atoms with E-state index in [1.807, 2.05) is 18.2 Å². The van der Waals surface area contributed by atoms with Crippen molar-refractivity contribution < 1.29 is 14.3 Å². The van der Waals surface area contributed by atoms with Gasteiger partial charge >= 0.3 is 0 Å². The minimum atomic E-state index is -0.0205. The monoisotopic (exact) mass is 243 g/mol. The summed E-state index contributed by atoms with van der Waals surface area (Å²) >= 11 is 0. The summed E-state index contributed by atoms with van der Waals surface area (Å²) in [6.45, 7) is 0.277. The van der Waals surface area contributed by atoms with Crippen molar-refractivity contribution in [3.63, 3.8) is 0 Å². The van der Waals surface area contributed by atoms with Gasteiger partial charge < -0.3 is 9.47 Å². The average Bonchev–Trinajstić information content (AvgIpc) is 2.87. The van der Waals surface area contributed by atoms with E-state index < -0.39 is 0 Å². The normalized spacial score (nSPS) is 24.7. The fraction of sp³-hybridized carbons (Fsp3) is 0.357. The molecule has 0 bridgehead atoms. The molecule has 1 aromatic carbocycles. The van der Waals surface area contributed by atoms with Crippen LogP contribution in [0.15, 0.2) is 35.3 Å². The molecule has 2 aliphatic rings. The Balaban J connectivity index is 1.93. The summed E-state index contributed by atoms with van der Waals surface area (Å²) in [5.41, 5.74) is 1.13. The van der Waals surface area contributed by atoms with Crippen LogP contribution in [0.3, 0.4) is 0 Å². The number of isocyanates is 1. The first-order valence-corrected chi connectivity index (χ1v) is 6.00. The maximum absolute atomic E-state index is 10.5. The number of carbonyl (C=O) groups excluding carboxylic acids is 1. The molecule has 1 aliphatic heterocycles. The summed E-state index contributed by atoms with van der Waals surface area (Å²) < 4.78 is 10.7. The number of fused-ring (bicyclic) bond motifs is 1. The van der Waals surface area contributed by atoms with E-state index in [1.54, 1.807) is 6.08 Å². The van der Waals surface area contributed by atoms with Gasteiger partial charge in [-0.2, -0.15) is 0 Å². The van der Waals surface area contributed by atoms with Gasteiger partial charge in [-0.25, -0.2) is 9.79 Å². The largest absolute Gasteiger partial charge is 0.454 e. The van der Waals surface area contributed by atoms with Crippen LogP contribution in [0.25, 0.3) is 0 Å². The summed E-state index contributed by atoms with van der Waals surface area (Å²) in [5, 5.41) is 0. The number of allylic oxidation sites excluding steroid dienone is 1. The third-order valence-corrected chi connectivity index (χ3v) is 3.44. The van der Waals surface area contributed by atoms with Gasteiger partial charge in [0, 0.05) is 5.92 Å². The highest BCUT2D eigenvalue weighted by molar-refractivity contribution is 5.46. The standard InChI is InChI=1S/C14H13NO3/c16-8-15-12-4-2-1-3-11(12)10-5-6-13-14(7-10)18-9-17-13/h1-2,5-7,11-12H,3-4,9H2/t11-,12+/m0/s1. The Bertz CT molecular complexity index is 532. The first-order chi connectivity index (χ1) is 8.88. The number of rotatable bonds is 2. The number of aliphatic imine (C=N–C) groups is 1. The minimum Gasteiger partial charge on any atom is -0.454 e. The van der Waals surface area contributed by atoms with E-state index in [0.29, 0.717) is 0 Å². The molecule has 0 amide bonds. The second-order valence-electron chi connectivity index (χ2n) is 4.45. The number of nitrogens with zero attached hydrogens (tertiary/aromatic N) is 1.